The molecule has 0 fully saturated rings. The number of unbranched alkanes of at least 4 members (excludes halogenated alkanes) is 7. The van der Waals surface area contributed by atoms with Crippen LogP contribution in [-0.2, 0) is 14.3 Å². The SMILES string of the molecule is CCCCCCCC(CCCCCC)C(OC(=O)C(C)CC(C)C)C(=O)O. The van der Waals surface area contributed by atoms with Crippen LogP contribution in [0.25, 0.3) is 0 Å². The molecule has 0 aliphatic heterocycles. The molecule has 27 heavy (non-hydrogen) atoms. The van der Waals surface area contributed by atoms with Crippen LogP contribution in [0.5, 0.6) is 0 Å². The molecule has 0 saturated carbocycles. The van der Waals surface area contributed by atoms with Crippen LogP contribution in [0, 0.1) is 17.8 Å². The Bertz CT molecular complexity index is 392. The van der Waals surface area contributed by atoms with E-state index in [9.17, 15) is 14.7 Å². The van der Waals surface area contributed by atoms with Gasteiger partial charge in [0.1, 0.15) is 0 Å². The normalized spacial score (nSPS) is 14.7. The first-order chi connectivity index (χ1) is 12.8. The van der Waals surface area contributed by atoms with Gasteiger partial charge in [-0.05, 0) is 25.2 Å². The van der Waals surface area contributed by atoms with Gasteiger partial charge in [0, 0.05) is 5.92 Å². The number of carbonyl (C=O) groups excluding carboxylic acids is 1. The third kappa shape index (κ3) is 12.9. The van der Waals surface area contributed by atoms with Crippen LogP contribution in [0.2, 0.25) is 0 Å². The zero-order valence-electron chi connectivity index (χ0n) is 18.5. The number of rotatable bonds is 17. The molecule has 0 aromatic rings. The van der Waals surface area contributed by atoms with Crippen molar-refractivity contribution in [1.29, 1.82) is 0 Å². The molecule has 1 N–H and O–H groups in total. The Hall–Kier alpha value is -1.06. The molecule has 3 unspecified atom stereocenters. The number of hydrogen-bond acceptors (Lipinski definition) is 3. The Morgan fingerprint density at radius 1 is 0.815 bits per heavy atom. The van der Waals surface area contributed by atoms with Gasteiger partial charge in [-0.1, -0.05) is 92.4 Å². The third-order valence-corrected chi connectivity index (χ3v) is 5.25. The van der Waals surface area contributed by atoms with Crippen molar-refractivity contribution in [3.05, 3.63) is 0 Å². The molecular formula is C23H44O4. The van der Waals surface area contributed by atoms with Crippen molar-refractivity contribution in [2.75, 3.05) is 0 Å². The van der Waals surface area contributed by atoms with E-state index in [2.05, 4.69) is 27.7 Å². The van der Waals surface area contributed by atoms with Gasteiger partial charge in [0.25, 0.3) is 0 Å². The van der Waals surface area contributed by atoms with E-state index in [-0.39, 0.29) is 17.8 Å². The number of ether oxygens (including phenoxy) is 1. The van der Waals surface area contributed by atoms with Crippen molar-refractivity contribution < 1.29 is 19.4 Å². The van der Waals surface area contributed by atoms with Crippen LogP contribution in [0.3, 0.4) is 0 Å². The summed E-state index contributed by atoms with van der Waals surface area (Å²) in [6.07, 6.45) is 11.6. The number of aliphatic carboxylic acids is 1. The summed E-state index contributed by atoms with van der Waals surface area (Å²) < 4.78 is 5.53. The van der Waals surface area contributed by atoms with Crippen LogP contribution < -0.4 is 0 Å². The minimum absolute atomic E-state index is 0.0730. The number of carboxylic acids is 1. The van der Waals surface area contributed by atoms with Gasteiger partial charge in [0.15, 0.2) is 0 Å². The van der Waals surface area contributed by atoms with Gasteiger partial charge in [-0.3, -0.25) is 4.79 Å². The van der Waals surface area contributed by atoms with E-state index in [1.807, 2.05) is 6.92 Å². The fourth-order valence-electron chi connectivity index (χ4n) is 3.68. The van der Waals surface area contributed by atoms with E-state index in [1.165, 1.54) is 25.7 Å². The lowest BCUT2D eigenvalue weighted by atomic mass is 9.89. The molecule has 4 nitrogen and oxygen atoms in total. The monoisotopic (exact) mass is 384 g/mol. The van der Waals surface area contributed by atoms with Crippen LogP contribution in [0.15, 0.2) is 0 Å². The average Bonchev–Trinajstić information content (AvgIpc) is 2.60. The van der Waals surface area contributed by atoms with Crippen LogP contribution >= 0.6 is 0 Å². The zero-order chi connectivity index (χ0) is 20.7. The molecule has 3 atom stereocenters. The number of carbonyl (C=O) groups is 2. The molecule has 0 spiro atoms. The maximum atomic E-state index is 12.4. The summed E-state index contributed by atoms with van der Waals surface area (Å²) >= 11 is 0. The van der Waals surface area contributed by atoms with Crippen molar-refractivity contribution >= 4 is 11.9 Å². The van der Waals surface area contributed by atoms with E-state index in [0.29, 0.717) is 5.92 Å². The molecule has 0 aromatic heterocycles. The smallest absolute Gasteiger partial charge is 0.345 e. The molecule has 0 amide bonds. The molecule has 4 heteroatoms. The lowest BCUT2D eigenvalue weighted by molar-refractivity contribution is -0.171. The largest absolute Gasteiger partial charge is 0.478 e. The number of carboxylic acid groups (broad SMARTS) is 1. The van der Waals surface area contributed by atoms with E-state index in [1.54, 1.807) is 0 Å². The Labute approximate surface area is 167 Å². The topological polar surface area (TPSA) is 63.6 Å². The van der Waals surface area contributed by atoms with Crippen molar-refractivity contribution in [3.63, 3.8) is 0 Å². The van der Waals surface area contributed by atoms with Crippen molar-refractivity contribution in [2.45, 2.75) is 118 Å². The second-order valence-corrected chi connectivity index (χ2v) is 8.54. The van der Waals surface area contributed by atoms with Gasteiger partial charge in [-0.2, -0.15) is 0 Å². The molecule has 0 rings (SSSR count). The summed E-state index contributed by atoms with van der Waals surface area (Å²) in [5, 5.41) is 9.72. The van der Waals surface area contributed by atoms with Crippen molar-refractivity contribution in [3.8, 4) is 0 Å². The predicted octanol–water partition coefficient (Wildman–Crippen LogP) is 6.61. The standard InChI is InChI=1S/C23H44O4/c1-6-8-10-12-14-16-20(15-13-11-9-7-2)21(22(24)25)27-23(26)19(5)17-18(3)4/h18-21H,6-17H2,1-5H3,(H,24,25). The van der Waals surface area contributed by atoms with Crippen LogP contribution in [-0.4, -0.2) is 23.1 Å². The summed E-state index contributed by atoms with van der Waals surface area (Å²) in [5.41, 5.74) is 0. The number of esters is 1. The van der Waals surface area contributed by atoms with E-state index in [4.69, 9.17) is 4.74 Å². The Balaban J connectivity index is 4.84. The summed E-state index contributed by atoms with van der Waals surface area (Å²) in [4.78, 5) is 24.3. The highest BCUT2D eigenvalue weighted by Crippen LogP contribution is 2.25. The minimum Gasteiger partial charge on any atom is -0.478 e. The van der Waals surface area contributed by atoms with Crippen molar-refractivity contribution in [1.82, 2.24) is 0 Å². The highest BCUT2D eigenvalue weighted by atomic mass is 16.6. The van der Waals surface area contributed by atoms with Crippen LogP contribution in [0.4, 0.5) is 0 Å². The molecule has 0 aliphatic rings. The molecular weight excluding hydrogens is 340 g/mol. The molecule has 0 radical (unpaired) electrons. The fraction of sp³-hybridized carbons (Fsp3) is 0.913. The molecule has 0 aliphatic carbocycles. The summed E-state index contributed by atoms with van der Waals surface area (Å²) in [7, 11) is 0. The van der Waals surface area contributed by atoms with Gasteiger partial charge in [0.2, 0.25) is 6.10 Å². The highest BCUT2D eigenvalue weighted by Gasteiger charge is 2.32. The predicted molar refractivity (Wildman–Crippen MR) is 112 cm³/mol. The highest BCUT2D eigenvalue weighted by molar-refractivity contribution is 5.79. The van der Waals surface area contributed by atoms with Crippen LogP contribution in [0.1, 0.15) is 112 Å². The maximum Gasteiger partial charge on any atom is 0.345 e. The average molecular weight is 385 g/mol. The van der Waals surface area contributed by atoms with Gasteiger partial charge in [-0.25, -0.2) is 4.79 Å². The summed E-state index contributed by atoms with van der Waals surface area (Å²) in [6.45, 7) is 10.3. The third-order valence-electron chi connectivity index (χ3n) is 5.25. The van der Waals surface area contributed by atoms with Gasteiger partial charge in [-0.15, -0.1) is 0 Å². The second kappa shape index (κ2) is 15.9. The molecule has 0 bridgehead atoms. The number of hydrogen-bond donors (Lipinski definition) is 1. The van der Waals surface area contributed by atoms with Crippen molar-refractivity contribution in [2.24, 2.45) is 17.8 Å². The first-order valence-electron chi connectivity index (χ1n) is 11.3. The lowest BCUT2D eigenvalue weighted by Crippen LogP contribution is -2.36. The second-order valence-electron chi connectivity index (χ2n) is 8.54. The van der Waals surface area contributed by atoms with E-state index >= 15 is 0 Å². The van der Waals surface area contributed by atoms with E-state index < -0.39 is 12.1 Å². The van der Waals surface area contributed by atoms with Gasteiger partial charge < -0.3 is 9.84 Å². The molecule has 0 heterocycles. The first-order valence-corrected chi connectivity index (χ1v) is 11.3. The summed E-state index contributed by atoms with van der Waals surface area (Å²) in [6, 6.07) is 0. The van der Waals surface area contributed by atoms with Gasteiger partial charge in [0.05, 0.1) is 5.92 Å². The Morgan fingerprint density at radius 2 is 1.30 bits per heavy atom. The Kier molecular flexibility index (Phi) is 15.3. The van der Waals surface area contributed by atoms with E-state index in [0.717, 1.165) is 51.4 Å². The molecule has 0 saturated heterocycles. The first kappa shape index (κ1) is 25.9. The molecule has 160 valence electrons. The fourth-order valence-corrected chi connectivity index (χ4v) is 3.68. The summed E-state index contributed by atoms with van der Waals surface area (Å²) in [5.74, 6) is -1.29. The molecule has 0 aromatic carbocycles. The lowest BCUT2D eigenvalue weighted by Gasteiger charge is -2.26. The minimum atomic E-state index is -1.00. The Morgan fingerprint density at radius 3 is 1.74 bits per heavy atom. The maximum absolute atomic E-state index is 12.4. The van der Waals surface area contributed by atoms with Gasteiger partial charge >= 0.3 is 11.9 Å². The zero-order valence-corrected chi connectivity index (χ0v) is 18.5. The quantitative estimate of drug-likeness (QED) is 0.226.